The fourth-order valence-corrected chi connectivity index (χ4v) is 3.30. The highest BCUT2D eigenvalue weighted by Crippen LogP contribution is 2.30. The van der Waals surface area contributed by atoms with E-state index in [-0.39, 0.29) is 18.2 Å². The summed E-state index contributed by atoms with van der Waals surface area (Å²) in [6, 6.07) is 6.06. The van der Waals surface area contributed by atoms with Crippen LogP contribution in [0.25, 0.3) is 0 Å². The van der Waals surface area contributed by atoms with Crippen LogP contribution < -0.4 is 0 Å². The molecule has 3 rings (SSSR count). The Morgan fingerprint density at radius 3 is 2.83 bits per heavy atom. The Morgan fingerprint density at radius 2 is 2.17 bits per heavy atom. The number of hydrogen-bond donors (Lipinski definition) is 0. The summed E-state index contributed by atoms with van der Waals surface area (Å²) in [4.78, 5) is 18.8. The standard InChI is InChI=1S/C19H26N2O3/c1-19(2,3)24-18(22)21-16-10-14(11-17(21)13-23-12-16)7-8-15-6-4-5-9-20-15/h4-6,9-10,16-17H,7-8,11-13H2,1-3H3. The lowest BCUT2D eigenvalue weighted by Crippen LogP contribution is -2.57. The number of carbonyl (C=O) groups is 1. The molecule has 3 heterocycles. The normalized spacial score (nSPS) is 23.6. The van der Waals surface area contributed by atoms with Crippen LogP contribution in [0.1, 0.15) is 39.3 Å². The maximum absolute atomic E-state index is 12.5. The fourth-order valence-electron chi connectivity index (χ4n) is 3.30. The molecule has 2 atom stereocenters. The van der Waals surface area contributed by atoms with E-state index in [1.807, 2.05) is 44.0 Å². The molecule has 0 aromatic carbocycles. The van der Waals surface area contributed by atoms with Crippen molar-refractivity contribution in [1.29, 1.82) is 0 Å². The number of aromatic nitrogens is 1. The summed E-state index contributed by atoms with van der Waals surface area (Å²) >= 11 is 0. The lowest BCUT2D eigenvalue weighted by Gasteiger charge is -2.44. The van der Waals surface area contributed by atoms with Gasteiger partial charge in [-0.2, -0.15) is 0 Å². The Kier molecular flexibility index (Phi) is 4.90. The van der Waals surface area contributed by atoms with Gasteiger partial charge in [0, 0.05) is 11.9 Å². The molecule has 5 heteroatoms. The van der Waals surface area contributed by atoms with E-state index in [4.69, 9.17) is 9.47 Å². The Bertz CT molecular complexity index is 607. The molecule has 0 aliphatic carbocycles. The average molecular weight is 330 g/mol. The molecular weight excluding hydrogens is 304 g/mol. The lowest BCUT2D eigenvalue weighted by molar-refractivity contribution is -0.0537. The van der Waals surface area contributed by atoms with E-state index in [9.17, 15) is 4.79 Å². The first-order chi connectivity index (χ1) is 11.4. The van der Waals surface area contributed by atoms with E-state index in [1.54, 1.807) is 0 Å². The fraction of sp³-hybridized carbons (Fsp3) is 0.579. The Labute approximate surface area is 143 Å². The smallest absolute Gasteiger partial charge is 0.411 e. The number of ether oxygens (including phenoxy) is 2. The van der Waals surface area contributed by atoms with Crippen LogP contribution in [-0.2, 0) is 15.9 Å². The molecule has 5 nitrogen and oxygen atoms in total. The highest BCUT2D eigenvalue weighted by atomic mass is 16.6. The number of carbonyl (C=O) groups excluding carboxylic acids is 1. The number of morpholine rings is 1. The Morgan fingerprint density at radius 1 is 1.33 bits per heavy atom. The van der Waals surface area contributed by atoms with Gasteiger partial charge in [0.25, 0.3) is 0 Å². The number of aryl methyl sites for hydroxylation is 1. The van der Waals surface area contributed by atoms with Crippen LogP contribution in [0.4, 0.5) is 4.79 Å². The number of hydrogen-bond acceptors (Lipinski definition) is 4. The molecule has 130 valence electrons. The number of amides is 1. The molecule has 1 saturated heterocycles. The minimum Gasteiger partial charge on any atom is -0.444 e. The molecule has 0 saturated carbocycles. The van der Waals surface area contributed by atoms with Gasteiger partial charge in [0.1, 0.15) is 5.60 Å². The van der Waals surface area contributed by atoms with Gasteiger partial charge in [-0.15, -0.1) is 0 Å². The monoisotopic (exact) mass is 330 g/mol. The molecule has 1 amide bonds. The molecule has 0 radical (unpaired) electrons. The largest absolute Gasteiger partial charge is 0.444 e. The molecule has 2 aliphatic rings. The first-order valence-corrected chi connectivity index (χ1v) is 8.61. The van der Waals surface area contributed by atoms with E-state index in [0.29, 0.717) is 13.2 Å². The summed E-state index contributed by atoms with van der Waals surface area (Å²) in [7, 11) is 0. The number of fused-ring (bicyclic) bond motifs is 2. The zero-order valence-electron chi connectivity index (χ0n) is 14.7. The van der Waals surface area contributed by atoms with E-state index < -0.39 is 5.60 Å². The molecule has 2 unspecified atom stereocenters. The van der Waals surface area contributed by atoms with Crippen molar-refractivity contribution in [3.63, 3.8) is 0 Å². The van der Waals surface area contributed by atoms with Gasteiger partial charge in [-0.3, -0.25) is 9.88 Å². The van der Waals surface area contributed by atoms with Crippen LogP contribution in [0, 0.1) is 0 Å². The average Bonchev–Trinajstić information content (AvgIpc) is 2.51. The number of rotatable bonds is 3. The van der Waals surface area contributed by atoms with Crippen LogP contribution >= 0.6 is 0 Å². The van der Waals surface area contributed by atoms with Gasteiger partial charge in [0.15, 0.2) is 0 Å². The number of pyridine rings is 1. The van der Waals surface area contributed by atoms with Gasteiger partial charge in [-0.1, -0.05) is 17.7 Å². The Balaban J connectivity index is 1.67. The van der Waals surface area contributed by atoms with Crippen molar-refractivity contribution in [2.45, 2.75) is 57.7 Å². The van der Waals surface area contributed by atoms with Crippen LogP contribution in [0.15, 0.2) is 36.0 Å². The van der Waals surface area contributed by atoms with Crippen molar-refractivity contribution in [3.8, 4) is 0 Å². The predicted octanol–water partition coefficient (Wildman–Crippen LogP) is 3.35. The van der Waals surface area contributed by atoms with Gasteiger partial charge in [-0.25, -0.2) is 4.79 Å². The topological polar surface area (TPSA) is 51.7 Å². The highest BCUT2D eigenvalue weighted by Gasteiger charge is 2.39. The first-order valence-electron chi connectivity index (χ1n) is 8.61. The first kappa shape index (κ1) is 17.0. The van der Waals surface area contributed by atoms with Gasteiger partial charge in [-0.05, 0) is 52.2 Å². The third-order valence-corrected chi connectivity index (χ3v) is 4.31. The molecule has 24 heavy (non-hydrogen) atoms. The van der Waals surface area contributed by atoms with E-state index in [0.717, 1.165) is 25.0 Å². The maximum Gasteiger partial charge on any atom is 0.411 e. The molecule has 0 spiro atoms. The molecule has 2 bridgehead atoms. The molecule has 0 N–H and O–H groups in total. The minimum atomic E-state index is -0.477. The van der Waals surface area contributed by atoms with Crippen molar-refractivity contribution >= 4 is 6.09 Å². The van der Waals surface area contributed by atoms with E-state index in [1.165, 1.54) is 5.57 Å². The van der Waals surface area contributed by atoms with Gasteiger partial charge >= 0.3 is 6.09 Å². The predicted molar refractivity (Wildman–Crippen MR) is 91.7 cm³/mol. The van der Waals surface area contributed by atoms with Crippen molar-refractivity contribution in [2.24, 2.45) is 0 Å². The summed E-state index contributed by atoms with van der Waals surface area (Å²) in [5.74, 6) is 0. The van der Waals surface area contributed by atoms with Crippen molar-refractivity contribution in [3.05, 3.63) is 41.7 Å². The third-order valence-electron chi connectivity index (χ3n) is 4.31. The van der Waals surface area contributed by atoms with Crippen LogP contribution in [0.3, 0.4) is 0 Å². The second-order valence-electron chi connectivity index (χ2n) is 7.50. The minimum absolute atomic E-state index is 0.0221. The highest BCUT2D eigenvalue weighted by molar-refractivity contribution is 5.70. The summed E-state index contributed by atoms with van der Waals surface area (Å²) in [6.07, 6.45) is 6.54. The summed E-state index contributed by atoms with van der Waals surface area (Å²) in [5.41, 5.74) is 2.02. The molecular formula is C19H26N2O3. The van der Waals surface area contributed by atoms with Gasteiger partial charge in [0.2, 0.25) is 0 Å². The lowest BCUT2D eigenvalue weighted by atomic mass is 9.91. The molecule has 1 aromatic rings. The molecule has 1 fully saturated rings. The van der Waals surface area contributed by atoms with Crippen molar-refractivity contribution in [1.82, 2.24) is 9.88 Å². The maximum atomic E-state index is 12.5. The second-order valence-corrected chi connectivity index (χ2v) is 7.50. The quantitative estimate of drug-likeness (QED) is 0.798. The Hall–Kier alpha value is -1.88. The number of nitrogens with zero attached hydrogens (tertiary/aromatic N) is 2. The summed E-state index contributed by atoms with van der Waals surface area (Å²) in [6.45, 7) is 6.82. The van der Waals surface area contributed by atoms with E-state index in [2.05, 4.69) is 17.1 Å². The summed E-state index contributed by atoms with van der Waals surface area (Å²) in [5, 5.41) is 0. The van der Waals surface area contributed by atoms with Crippen LogP contribution in [0.5, 0.6) is 0 Å². The zero-order valence-corrected chi connectivity index (χ0v) is 14.7. The SMILES string of the molecule is CC(C)(C)OC(=O)N1C2C=C(CCc3ccccn3)CC1COC2. The molecule has 2 aliphatic heterocycles. The van der Waals surface area contributed by atoms with Gasteiger partial charge in [0.05, 0.1) is 25.3 Å². The zero-order chi connectivity index (χ0) is 17.2. The molecule has 1 aromatic heterocycles. The van der Waals surface area contributed by atoms with Crippen LogP contribution in [-0.4, -0.2) is 46.9 Å². The summed E-state index contributed by atoms with van der Waals surface area (Å²) < 4.78 is 11.2. The van der Waals surface area contributed by atoms with Crippen molar-refractivity contribution < 1.29 is 14.3 Å². The van der Waals surface area contributed by atoms with Crippen molar-refractivity contribution in [2.75, 3.05) is 13.2 Å². The second kappa shape index (κ2) is 6.93. The third kappa shape index (κ3) is 4.15. The van der Waals surface area contributed by atoms with E-state index >= 15 is 0 Å². The van der Waals surface area contributed by atoms with Crippen LogP contribution in [0.2, 0.25) is 0 Å². The van der Waals surface area contributed by atoms with Gasteiger partial charge < -0.3 is 9.47 Å².